The second kappa shape index (κ2) is 11.1. The molecule has 0 aliphatic carbocycles. The highest BCUT2D eigenvalue weighted by atomic mass is 35.5. The number of morpholine rings is 1. The maximum Gasteiger partial charge on any atom is 0.295 e. The molecule has 1 amide bonds. The smallest absolute Gasteiger partial charge is 0.295 e. The fourth-order valence-electron chi connectivity index (χ4n) is 4.61. The highest BCUT2D eigenvalue weighted by Crippen LogP contribution is 2.45. The number of aliphatic hydroxyl groups is 1. The molecule has 1 atom stereocenters. The molecule has 2 aliphatic rings. The number of benzene rings is 2. The zero-order valence-corrected chi connectivity index (χ0v) is 20.6. The highest BCUT2D eigenvalue weighted by Gasteiger charge is 2.47. The number of hydrogen-bond donors (Lipinski definition) is 1. The number of likely N-dealkylation sites (tertiary alicyclic amines) is 1. The summed E-state index contributed by atoms with van der Waals surface area (Å²) in [5, 5.41) is 11.7. The Morgan fingerprint density at radius 3 is 2.43 bits per heavy atom. The van der Waals surface area contributed by atoms with Gasteiger partial charge in [0, 0.05) is 42.3 Å². The zero-order chi connectivity index (χ0) is 24.9. The van der Waals surface area contributed by atoms with Crippen LogP contribution in [0.2, 0.25) is 5.02 Å². The summed E-state index contributed by atoms with van der Waals surface area (Å²) >= 11 is 6.00. The minimum atomic E-state index is -0.833. The Kier molecular flexibility index (Phi) is 7.95. The molecule has 4 rings (SSSR count). The first-order chi connectivity index (χ1) is 17.0. The average molecular weight is 501 g/mol. The summed E-state index contributed by atoms with van der Waals surface area (Å²) in [6.07, 6.45) is 0.663. The molecule has 186 valence electrons. The van der Waals surface area contributed by atoms with E-state index in [9.17, 15) is 14.7 Å². The van der Waals surface area contributed by atoms with Gasteiger partial charge in [0.15, 0.2) is 11.5 Å². The van der Waals surface area contributed by atoms with Gasteiger partial charge in [0.2, 0.25) is 0 Å². The second-order valence-corrected chi connectivity index (χ2v) is 8.83. The van der Waals surface area contributed by atoms with E-state index < -0.39 is 17.7 Å². The fraction of sp³-hybridized carbons (Fsp3) is 0.385. The number of carbonyl (C=O) groups is 2. The minimum absolute atomic E-state index is 0.00949. The SMILES string of the molecule is COc1cccc(C2/C(=C(\O)c3ccc(Cl)cc3)C(=O)C(=O)N2CCCN2CCOCC2)c1OC. The number of ether oxygens (including phenoxy) is 3. The maximum absolute atomic E-state index is 13.3. The fourth-order valence-corrected chi connectivity index (χ4v) is 4.74. The van der Waals surface area contributed by atoms with E-state index in [1.165, 1.54) is 19.1 Å². The van der Waals surface area contributed by atoms with E-state index in [4.69, 9.17) is 25.8 Å². The Labute approximate surface area is 209 Å². The van der Waals surface area contributed by atoms with Crippen LogP contribution < -0.4 is 9.47 Å². The first kappa shape index (κ1) is 25.0. The molecule has 0 saturated carbocycles. The minimum Gasteiger partial charge on any atom is -0.507 e. The third-order valence-corrected chi connectivity index (χ3v) is 6.61. The Morgan fingerprint density at radius 2 is 1.77 bits per heavy atom. The molecule has 1 N–H and O–H groups in total. The molecule has 0 bridgehead atoms. The van der Waals surface area contributed by atoms with Crippen LogP contribution in [0.25, 0.3) is 5.76 Å². The lowest BCUT2D eigenvalue weighted by Gasteiger charge is -2.29. The zero-order valence-electron chi connectivity index (χ0n) is 19.8. The average Bonchev–Trinajstić information content (AvgIpc) is 3.13. The van der Waals surface area contributed by atoms with Crippen LogP contribution in [0.4, 0.5) is 0 Å². The predicted octanol–water partition coefficient (Wildman–Crippen LogP) is 3.50. The molecule has 2 heterocycles. The van der Waals surface area contributed by atoms with E-state index in [1.807, 2.05) is 0 Å². The monoisotopic (exact) mass is 500 g/mol. The van der Waals surface area contributed by atoms with E-state index in [1.54, 1.807) is 42.5 Å². The van der Waals surface area contributed by atoms with Gasteiger partial charge in [-0.25, -0.2) is 0 Å². The van der Waals surface area contributed by atoms with Crippen molar-refractivity contribution in [3.63, 3.8) is 0 Å². The van der Waals surface area contributed by atoms with Gasteiger partial charge < -0.3 is 24.2 Å². The van der Waals surface area contributed by atoms with Crippen LogP contribution in [-0.4, -0.2) is 80.2 Å². The summed E-state index contributed by atoms with van der Waals surface area (Å²) in [4.78, 5) is 30.3. The quantitative estimate of drug-likeness (QED) is 0.337. The molecule has 2 fully saturated rings. The van der Waals surface area contributed by atoms with Gasteiger partial charge in [-0.3, -0.25) is 14.5 Å². The third kappa shape index (κ3) is 5.15. The number of amides is 1. The van der Waals surface area contributed by atoms with Crippen molar-refractivity contribution in [2.45, 2.75) is 12.5 Å². The molecular weight excluding hydrogens is 472 g/mol. The molecule has 2 aromatic rings. The number of halogens is 1. The summed E-state index contributed by atoms with van der Waals surface area (Å²) in [7, 11) is 3.03. The van der Waals surface area contributed by atoms with Gasteiger partial charge in [-0.1, -0.05) is 23.7 Å². The number of aliphatic hydroxyl groups excluding tert-OH is 1. The summed E-state index contributed by atoms with van der Waals surface area (Å²) in [6, 6.07) is 10.9. The van der Waals surface area contributed by atoms with Gasteiger partial charge in [0.1, 0.15) is 5.76 Å². The van der Waals surface area contributed by atoms with E-state index in [0.717, 1.165) is 19.6 Å². The van der Waals surface area contributed by atoms with Crippen LogP contribution in [0.3, 0.4) is 0 Å². The van der Waals surface area contributed by atoms with E-state index >= 15 is 0 Å². The van der Waals surface area contributed by atoms with Crippen LogP contribution >= 0.6 is 11.6 Å². The first-order valence-corrected chi connectivity index (χ1v) is 11.9. The molecule has 2 aliphatic heterocycles. The van der Waals surface area contributed by atoms with Crippen molar-refractivity contribution in [3.8, 4) is 11.5 Å². The first-order valence-electron chi connectivity index (χ1n) is 11.5. The number of Topliss-reactive ketones (excluding diaryl/α,β-unsaturated/α-hetero) is 1. The standard InChI is InChI=1S/C26H29ClN2O6/c1-33-20-6-3-5-19(25(20)34-2)22-21(23(30)17-7-9-18(27)10-8-17)24(31)26(32)29(22)12-4-11-28-13-15-35-16-14-28/h3,5-10,22,30H,4,11-16H2,1-2H3/b23-21+. The number of nitrogens with zero attached hydrogens (tertiary/aromatic N) is 2. The van der Waals surface area contributed by atoms with Crippen LogP contribution in [0.15, 0.2) is 48.0 Å². The lowest BCUT2D eigenvalue weighted by Crippen LogP contribution is -2.39. The lowest BCUT2D eigenvalue weighted by atomic mass is 9.94. The van der Waals surface area contributed by atoms with Crippen LogP contribution in [0.1, 0.15) is 23.6 Å². The largest absolute Gasteiger partial charge is 0.507 e. The van der Waals surface area contributed by atoms with Gasteiger partial charge in [0.05, 0.1) is 39.0 Å². The summed E-state index contributed by atoms with van der Waals surface area (Å²) < 4.78 is 16.5. The van der Waals surface area contributed by atoms with Crippen molar-refractivity contribution >= 4 is 29.1 Å². The number of methoxy groups -OCH3 is 2. The van der Waals surface area contributed by atoms with Gasteiger partial charge in [0.25, 0.3) is 11.7 Å². The Morgan fingerprint density at radius 1 is 1.06 bits per heavy atom. The number of ketones is 1. The number of rotatable bonds is 8. The van der Waals surface area contributed by atoms with Crippen LogP contribution in [-0.2, 0) is 14.3 Å². The van der Waals surface area contributed by atoms with Crippen molar-refractivity contribution in [2.24, 2.45) is 0 Å². The molecule has 9 heteroatoms. The van der Waals surface area contributed by atoms with Crippen molar-refractivity contribution in [3.05, 3.63) is 64.2 Å². The number of para-hydroxylation sites is 1. The van der Waals surface area contributed by atoms with Crippen molar-refractivity contribution < 1.29 is 28.9 Å². The Balaban J connectivity index is 1.75. The van der Waals surface area contributed by atoms with Crippen LogP contribution in [0, 0.1) is 0 Å². The molecule has 2 saturated heterocycles. The van der Waals surface area contributed by atoms with E-state index in [2.05, 4.69) is 4.90 Å². The van der Waals surface area contributed by atoms with E-state index in [-0.39, 0.29) is 11.3 Å². The molecule has 0 aromatic heterocycles. The number of hydrogen-bond acceptors (Lipinski definition) is 7. The third-order valence-electron chi connectivity index (χ3n) is 6.36. The molecule has 8 nitrogen and oxygen atoms in total. The summed E-state index contributed by atoms with van der Waals surface area (Å²) in [5.41, 5.74) is 0.968. The molecule has 0 spiro atoms. The topological polar surface area (TPSA) is 88.5 Å². The van der Waals surface area contributed by atoms with Crippen molar-refractivity contribution in [1.29, 1.82) is 0 Å². The molecule has 1 unspecified atom stereocenters. The van der Waals surface area contributed by atoms with Crippen molar-refractivity contribution in [1.82, 2.24) is 9.80 Å². The maximum atomic E-state index is 13.3. The highest BCUT2D eigenvalue weighted by molar-refractivity contribution is 6.46. The molecule has 0 radical (unpaired) electrons. The number of carbonyl (C=O) groups excluding carboxylic acids is 2. The van der Waals surface area contributed by atoms with Crippen molar-refractivity contribution in [2.75, 3.05) is 53.6 Å². The predicted molar refractivity (Wildman–Crippen MR) is 132 cm³/mol. The van der Waals surface area contributed by atoms with E-state index in [0.29, 0.717) is 53.8 Å². The van der Waals surface area contributed by atoms with Gasteiger partial charge in [-0.05, 0) is 36.8 Å². The Hall–Kier alpha value is -3.07. The Bertz CT molecular complexity index is 1110. The lowest BCUT2D eigenvalue weighted by molar-refractivity contribution is -0.140. The molecule has 35 heavy (non-hydrogen) atoms. The normalized spacial score (nSPS) is 20.3. The van der Waals surface area contributed by atoms with Gasteiger partial charge in [-0.2, -0.15) is 0 Å². The van der Waals surface area contributed by atoms with Crippen LogP contribution in [0.5, 0.6) is 11.5 Å². The van der Waals surface area contributed by atoms with Gasteiger partial charge >= 0.3 is 0 Å². The summed E-state index contributed by atoms with van der Waals surface area (Å²) in [5.74, 6) is -0.779. The summed E-state index contributed by atoms with van der Waals surface area (Å²) in [6.45, 7) is 4.15. The van der Waals surface area contributed by atoms with Gasteiger partial charge in [-0.15, -0.1) is 0 Å². The molecule has 2 aromatic carbocycles. The second-order valence-electron chi connectivity index (χ2n) is 8.39. The molecular formula is C26H29ClN2O6.